The standard InChI is InChI=1S/C9H10N2O2/c1-13-5-4-8-3-2-7(6-10)9(12)11-8/h2-3H,4-5H2,1H3,(H,11,12). The van der Waals surface area contributed by atoms with Crippen molar-refractivity contribution in [3.8, 4) is 6.07 Å². The average Bonchev–Trinajstić information content (AvgIpc) is 2.15. The van der Waals surface area contributed by atoms with E-state index in [4.69, 9.17) is 10.00 Å². The molecule has 1 aromatic rings. The molecule has 0 aliphatic carbocycles. The van der Waals surface area contributed by atoms with Crippen LogP contribution in [0.25, 0.3) is 0 Å². The van der Waals surface area contributed by atoms with Crippen molar-refractivity contribution in [2.24, 2.45) is 0 Å². The minimum atomic E-state index is -0.337. The number of rotatable bonds is 3. The van der Waals surface area contributed by atoms with Crippen molar-refractivity contribution >= 4 is 0 Å². The first-order valence-electron chi connectivity index (χ1n) is 3.89. The molecule has 1 heterocycles. The fourth-order valence-corrected chi connectivity index (χ4v) is 0.960. The van der Waals surface area contributed by atoms with Gasteiger partial charge in [-0.2, -0.15) is 5.26 Å². The van der Waals surface area contributed by atoms with Crippen LogP contribution < -0.4 is 5.56 Å². The fourth-order valence-electron chi connectivity index (χ4n) is 0.960. The molecule has 0 aliphatic heterocycles. The quantitative estimate of drug-likeness (QED) is 0.730. The molecule has 4 nitrogen and oxygen atoms in total. The Morgan fingerprint density at radius 2 is 2.38 bits per heavy atom. The van der Waals surface area contributed by atoms with Crippen LogP contribution in [0.2, 0.25) is 0 Å². The maximum atomic E-state index is 11.1. The molecule has 4 heteroatoms. The number of aromatic amines is 1. The van der Waals surface area contributed by atoms with Crippen LogP contribution in [0, 0.1) is 11.3 Å². The monoisotopic (exact) mass is 178 g/mol. The summed E-state index contributed by atoms with van der Waals surface area (Å²) in [5.74, 6) is 0. The van der Waals surface area contributed by atoms with Crippen molar-refractivity contribution in [1.82, 2.24) is 4.98 Å². The molecular weight excluding hydrogens is 168 g/mol. The third-order valence-corrected chi connectivity index (χ3v) is 1.67. The zero-order valence-electron chi connectivity index (χ0n) is 7.33. The Balaban J connectivity index is 2.85. The van der Waals surface area contributed by atoms with E-state index in [0.717, 1.165) is 5.69 Å². The van der Waals surface area contributed by atoms with Crippen LogP contribution in [0.4, 0.5) is 0 Å². The number of nitrogens with zero attached hydrogens (tertiary/aromatic N) is 1. The topological polar surface area (TPSA) is 65.9 Å². The lowest BCUT2D eigenvalue weighted by molar-refractivity contribution is 0.201. The predicted octanol–water partition coefficient (Wildman–Crippen LogP) is 0.435. The van der Waals surface area contributed by atoms with E-state index < -0.39 is 0 Å². The molecular formula is C9H10N2O2. The number of ether oxygens (including phenoxy) is 1. The Hall–Kier alpha value is -1.60. The van der Waals surface area contributed by atoms with Crippen LogP contribution in [-0.4, -0.2) is 18.7 Å². The summed E-state index contributed by atoms with van der Waals surface area (Å²) in [4.78, 5) is 13.7. The second-order valence-electron chi connectivity index (χ2n) is 2.58. The number of nitriles is 1. The van der Waals surface area contributed by atoms with Crippen molar-refractivity contribution in [2.75, 3.05) is 13.7 Å². The van der Waals surface area contributed by atoms with Crippen LogP contribution in [0.15, 0.2) is 16.9 Å². The Morgan fingerprint density at radius 3 is 2.92 bits per heavy atom. The summed E-state index contributed by atoms with van der Waals surface area (Å²) in [5, 5.41) is 8.49. The van der Waals surface area contributed by atoms with Gasteiger partial charge in [-0.1, -0.05) is 0 Å². The third-order valence-electron chi connectivity index (χ3n) is 1.67. The molecule has 0 spiro atoms. The Bertz CT molecular complexity index is 376. The number of pyridine rings is 1. The van der Waals surface area contributed by atoms with Gasteiger partial charge < -0.3 is 9.72 Å². The molecule has 0 amide bonds. The van der Waals surface area contributed by atoms with Crippen LogP contribution in [0.3, 0.4) is 0 Å². The van der Waals surface area contributed by atoms with Gasteiger partial charge in [0, 0.05) is 19.2 Å². The highest BCUT2D eigenvalue weighted by molar-refractivity contribution is 5.26. The molecule has 1 N–H and O–H groups in total. The number of hydrogen-bond acceptors (Lipinski definition) is 3. The number of aromatic nitrogens is 1. The van der Waals surface area contributed by atoms with Gasteiger partial charge in [0.05, 0.1) is 6.61 Å². The molecule has 0 atom stereocenters. The second kappa shape index (κ2) is 4.43. The first kappa shape index (κ1) is 9.49. The Morgan fingerprint density at radius 1 is 1.62 bits per heavy atom. The van der Waals surface area contributed by atoms with Crippen LogP contribution in [0.5, 0.6) is 0 Å². The minimum absolute atomic E-state index is 0.140. The van der Waals surface area contributed by atoms with E-state index in [9.17, 15) is 4.79 Å². The van der Waals surface area contributed by atoms with Crippen molar-refractivity contribution in [3.63, 3.8) is 0 Å². The van der Waals surface area contributed by atoms with Gasteiger partial charge in [0.2, 0.25) is 0 Å². The van der Waals surface area contributed by atoms with Gasteiger partial charge in [-0.05, 0) is 12.1 Å². The van der Waals surface area contributed by atoms with E-state index in [0.29, 0.717) is 13.0 Å². The maximum absolute atomic E-state index is 11.1. The van der Waals surface area contributed by atoms with Gasteiger partial charge in [-0.15, -0.1) is 0 Å². The van der Waals surface area contributed by atoms with Gasteiger partial charge in [0.25, 0.3) is 5.56 Å². The van der Waals surface area contributed by atoms with Crippen LogP contribution >= 0.6 is 0 Å². The Labute approximate surface area is 75.8 Å². The summed E-state index contributed by atoms with van der Waals surface area (Å²) < 4.78 is 4.86. The summed E-state index contributed by atoms with van der Waals surface area (Å²) in [5.41, 5.74) is 0.586. The second-order valence-corrected chi connectivity index (χ2v) is 2.58. The number of H-pyrrole nitrogens is 1. The summed E-state index contributed by atoms with van der Waals surface area (Å²) in [6.07, 6.45) is 0.650. The molecule has 0 saturated carbocycles. The summed E-state index contributed by atoms with van der Waals surface area (Å²) in [6.45, 7) is 0.557. The van der Waals surface area contributed by atoms with Gasteiger partial charge in [-0.25, -0.2) is 0 Å². The zero-order valence-corrected chi connectivity index (χ0v) is 7.33. The summed E-state index contributed by atoms with van der Waals surface area (Å²) in [7, 11) is 1.60. The SMILES string of the molecule is COCCc1ccc(C#N)c(=O)[nH]1. The molecule has 13 heavy (non-hydrogen) atoms. The highest BCUT2D eigenvalue weighted by Gasteiger charge is 1.98. The molecule has 0 unspecified atom stereocenters. The Kier molecular flexibility index (Phi) is 3.23. The number of nitrogens with one attached hydrogen (secondary N) is 1. The van der Waals surface area contributed by atoms with E-state index in [1.807, 2.05) is 0 Å². The third kappa shape index (κ3) is 2.42. The summed E-state index contributed by atoms with van der Waals surface area (Å²) >= 11 is 0. The van der Waals surface area contributed by atoms with Crippen molar-refractivity contribution in [1.29, 1.82) is 5.26 Å². The zero-order chi connectivity index (χ0) is 9.68. The van der Waals surface area contributed by atoms with Crippen LogP contribution in [-0.2, 0) is 11.2 Å². The predicted molar refractivity (Wildman–Crippen MR) is 47.4 cm³/mol. The molecule has 1 aromatic heterocycles. The molecule has 0 aromatic carbocycles. The highest BCUT2D eigenvalue weighted by atomic mass is 16.5. The minimum Gasteiger partial charge on any atom is -0.384 e. The van der Waals surface area contributed by atoms with Gasteiger partial charge in [0.1, 0.15) is 11.6 Å². The number of methoxy groups -OCH3 is 1. The fraction of sp³-hybridized carbons (Fsp3) is 0.333. The van der Waals surface area contributed by atoms with E-state index in [2.05, 4.69) is 4.98 Å². The lowest BCUT2D eigenvalue weighted by Crippen LogP contribution is -2.12. The van der Waals surface area contributed by atoms with E-state index in [1.54, 1.807) is 19.2 Å². The molecule has 1 rings (SSSR count). The number of hydrogen-bond donors (Lipinski definition) is 1. The van der Waals surface area contributed by atoms with Crippen molar-refractivity contribution in [2.45, 2.75) is 6.42 Å². The first-order valence-corrected chi connectivity index (χ1v) is 3.89. The van der Waals surface area contributed by atoms with Crippen LogP contribution in [0.1, 0.15) is 11.3 Å². The maximum Gasteiger partial charge on any atom is 0.266 e. The average molecular weight is 178 g/mol. The van der Waals surface area contributed by atoms with Gasteiger partial charge in [-0.3, -0.25) is 4.79 Å². The molecule has 68 valence electrons. The molecule has 0 bridgehead atoms. The molecule has 0 aliphatic rings. The molecule has 0 radical (unpaired) electrons. The summed E-state index contributed by atoms with van der Waals surface area (Å²) in [6, 6.07) is 5.04. The molecule has 0 saturated heterocycles. The van der Waals surface area contributed by atoms with E-state index in [1.165, 1.54) is 6.07 Å². The van der Waals surface area contributed by atoms with Crippen molar-refractivity contribution in [3.05, 3.63) is 33.7 Å². The lowest BCUT2D eigenvalue weighted by atomic mass is 10.2. The molecule has 0 fully saturated rings. The van der Waals surface area contributed by atoms with E-state index in [-0.39, 0.29) is 11.1 Å². The smallest absolute Gasteiger partial charge is 0.266 e. The largest absolute Gasteiger partial charge is 0.384 e. The highest BCUT2D eigenvalue weighted by Crippen LogP contribution is 1.95. The van der Waals surface area contributed by atoms with Gasteiger partial charge in [0.15, 0.2) is 0 Å². The van der Waals surface area contributed by atoms with Crippen molar-refractivity contribution < 1.29 is 4.74 Å². The van der Waals surface area contributed by atoms with E-state index >= 15 is 0 Å². The lowest BCUT2D eigenvalue weighted by Gasteiger charge is -1.99. The van der Waals surface area contributed by atoms with Gasteiger partial charge >= 0.3 is 0 Å². The first-order chi connectivity index (χ1) is 6.27. The normalized spacial score (nSPS) is 9.54.